The van der Waals surface area contributed by atoms with Crippen LogP contribution in [0, 0.1) is 5.82 Å². The number of amides is 1. The molecule has 24 heavy (non-hydrogen) atoms. The van der Waals surface area contributed by atoms with Crippen molar-refractivity contribution in [3.05, 3.63) is 66.3 Å². The van der Waals surface area contributed by atoms with Crippen LogP contribution in [0.25, 0.3) is 11.5 Å². The fraction of sp³-hybridized carbons (Fsp3) is 0.167. The zero-order valence-corrected chi connectivity index (χ0v) is 12.9. The first kappa shape index (κ1) is 15.9. The summed E-state index contributed by atoms with van der Waals surface area (Å²) in [6, 6.07) is 15.6. The van der Waals surface area contributed by atoms with Gasteiger partial charge in [-0.3, -0.25) is 4.79 Å². The lowest BCUT2D eigenvalue weighted by Gasteiger charge is -2.05. The number of carbonyl (C=O) groups is 1. The third-order valence-electron chi connectivity index (χ3n) is 3.43. The number of aryl methyl sites for hydroxylation is 1. The van der Waals surface area contributed by atoms with Crippen LogP contribution < -0.4 is 5.32 Å². The summed E-state index contributed by atoms with van der Waals surface area (Å²) in [5.41, 5.74) is 1.04. The second-order valence-electron chi connectivity index (χ2n) is 5.25. The second-order valence-corrected chi connectivity index (χ2v) is 5.25. The Morgan fingerprint density at radius 2 is 1.79 bits per heavy atom. The number of hydrogen-bond donors (Lipinski definition) is 1. The van der Waals surface area contributed by atoms with Gasteiger partial charge in [-0.25, -0.2) is 4.39 Å². The normalized spacial score (nSPS) is 10.5. The van der Waals surface area contributed by atoms with E-state index in [1.54, 1.807) is 12.1 Å². The maximum Gasteiger partial charge on any atom is 0.247 e. The molecule has 0 bridgehead atoms. The number of anilines is 1. The molecule has 5 nitrogen and oxygen atoms in total. The molecule has 0 spiro atoms. The highest BCUT2D eigenvalue weighted by Gasteiger charge is 2.10. The molecule has 6 heteroatoms. The molecule has 1 heterocycles. The van der Waals surface area contributed by atoms with E-state index in [2.05, 4.69) is 15.5 Å². The summed E-state index contributed by atoms with van der Waals surface area (Å²) < 4.78 is 19.0. The molecule has 1 N–H and O–H groups in total. The van der Waals surface area contributed by atoms with Gasteiger partial charge < -0.3 is 9.73 Å². The fourth-order valence-corrected chi connectivity index (χ4v) is 2.23. The fourth-order valence-electron chi connectivity index (χ4n) is 2.23. The molecule has 2 aromatic carbocycles. The van der Waals surface area contributed by atoms with E-state index in [1.807, 2.05) is 30.3 Å². The molecule has 0 saturated heterocycles. The molecule has 1 amide bonds. The molecule has 0 aliphatic rings. The average Bonchev–Trinajstić information content (AvgIpc) is 3.07. The zero-order chi connectivity index (χ0) is 16.8. The number of para-hydroxylation sites is 1. The topological polar surface area (TPSA) is 68.0 Å². The van der Waals surface area contributed by atoms with Crippen LogP contribution in [0.3, 0.4) is 0 Å². The van der Waals surface area contributed by atoms with E-state index in [0.717, 1.165) is 5.56 Å². The second kappa shape index (κ2) is 7.50. The summed E-state index contributed by atoms with van der Waals surface area (Å²) in [5, 5.41) is 10.5. The summed E-state index contributed by atoms with van der Waals surface area (Å²) in [4.78, 5) is 11.8. The van der Waals surface area contributed by atoms with E-state index >= 15 is 0 Å². The van der Waals surface area contributed by atoms with Crippen LogP contribution in [0.15, 0.2) is 59.0 Å². The Morgan fingerprint density at radius 3 is 2.58 bits per heavy atom. The van der Waals surface area contributed by atoms with Crippen molar-refractivity contribution < 1.29 is 13.6 Å². The van der Waals surface area contributed by atoms with Crippen molar-refractivity contribution in [2.45, 2.75) is 19.3 Å². The third-order valence-corrected chi connectivity index (χ3v) is 3.43. The lowest BCUT2D eigenvalue weighted by atomic mass is 10.2. The minimum atomic E-state index is -0.449. The molecule has 3 aromatic rings. The van der Waals surface area contributed by atoms with Gasteiger partial charge in [0.1, 0.15) is 5.82 Å². The summed E-state index contributed by atoms with van der Waals surface area (Å²) in [6.45, 7) is 0. The van der Waals surface area contributed by atoms with Crippen molar-refractivity contribution >= 4 is 11.6 Å². The number of rotatable bonds is 6. The number of nitrogens with zero attached hydrogens (tertiary/aromatic N) is 2. The predicted octanol–water partition coefficient (Wildman–Crippen LogP) is 3.84. The van der Waals surface area contributed by atoms with Crippen LogP contribution >= 0.6 is 0 Å². The summed E-state index contributed by atoms with van der Waals surface area (Å²) in [6.07, 6.45) is 1.28. The van der Waals surface area contributed by atoms with E-state index in [1.165, 1.54) is 12.1 Å². The van der Waals surface area contributed by atoms with Gasteiger partial charge in [0.2, 0.25) is 17.7 Å². The number of aromatic nitrogens is 2. The number of nitrogens with one attached hydrogen (secondary N) is 1. The molecule has 0 aliphatic heterocycles. The predicted molar refractivity (Wildman–Crippen MR) is 87.7 cm³/mol. The molecule has 0 fully saturated rings. The number of halogens is 1. The summed E-state index contributed by atoms with van der Waals surface area (Å²) in [5.74, 6) is 0.243. The van der Waals surface area contributed by atoms with Gasteiger partial charge in [-0.2, -0.15) is 0 Å². The van der Waals surface area contributed by atoms with Gasteiger partial charge in [-0.15, -0.1) is 10.2 Å². The molecular weight excluding hydrogens is 309 g/mol. The van der Waals surface area contributed by atoms with Crippen molar-refractivity contribution in [3.63, 3.8) is 0 Å². The molecule has 0 saturated carbocycles. The van der Waals surface area contributed by atoms with Gasteiger partial charge in [0, 0.05) is 18.4 Å². The molecule has 3 rings (SSSR count). The Hall–Kier alpha value is -3.02. The van der Waals surface area contributed by atoms with Crippen LogP contribution in [-0.2, 0) is 11.2 Å². The monoisotopic (exact) mass is 325 g/mol. The van der Waals surface area contributed by atoms with E-state index in [4.69, 9.17) is 4.42 Å². The van der Waals surface area contributed by atoms with Crippen molar-refractivity contribution in [2.24, 2.45) is 0 Å². The SMILES string of the molecule is O=C(CCCc1nnc(-c2ccccc2)o1)Nc1ccccc1F. The first-order valence-corrected chi connectivity index (χ1v) is 7.64. The number of benzene rings is 2. The highest BCUT2D eigenvalue weighted by Crippen LogP contribution is 2.18. The Labute approximate surface area is 138 Å². The minimum absolute atomic E-state index is 0.187. The molecule has 0 atom stereocenters. The molecule has 0 radical (unpaired) electrons. The lowest BCUT2D eigenvalue weighted by molar-refractivity contribution is -0.116. The summed E-state index contributed by atoms with van der Waals surface area (Å²) >= 11 is 0. The minimum Gasteiger partial charge on any atom is -0.421 e. The number of hydrogen-bond acceptors (Lipinski definition) is 4. The first-order chi connectivity index (χ1) is 11.7. The van der Waals surface area contributed by atoms with E-state index in [-0.39, 0.29) is 18.0 Å². The van der Waals surface area contributed by atoms with Crippen molar-refractivity contribution in [1.82, 2.24) is 10.2 Å². The van der Waals surface area contributed by atoms with Crippen LogP contribution in [0.5, 0.6) is 0 Å². The quantitative estimate of drug-likeness (QED) is 0.748. The van der Waals surface area contributed by atoms with Gasteiger partial charge in [0.25, 0.3) is 0 Å². The van der Waals surface area contributed by atoms with Crippen LogP contribution in [0.4, 0.5) is 10.1 Å². The summed E-state index contributed by atoms with van der Waals surface area (Å²) in [7, 11) is 0. The molecular formula is C18H16FN3O2. The Morgan fingerprint density at radius 1 is 1.04 bits per heavy atom. The van der Waals surface area contributed by atoms with Gasteiger partial charge >= 0.3 is 0 Å². The van der Waals surface area contributed by atoms with Gasteiger partial charge in [-0.05, 0) is 30.7 Å². The maximum absolute atomic E-state index is 13.5. The van der Waals surface area contributed by atoms with Crippen LogP contribution in [0.2, 0.25) is 0 Å². The molecule has 1 aromatic heterocycles. The zero-order valence-electron chi connectivity index (χ0n) is 12.9. The highest BCUT2D eigenvalue weighted by molar-refractivity contribution is 5.90. The van der Waals surface area contributed by atoms with Gasteiger partial charge in [-0.1, -0.05) is 30.3 Å². The lowest BCUT2D eigenvalue weighted by Crippen LogP contribution is -2.12. The van der Waals surface area contributed by atoms with E-state index in [9.17, 15) is 9.18 Å². The molecule has 0 aliphatic carbocycles. The Kier molecular flexibility index (Phi) is 4.96. The first-order valence-electron chi connectivity index (χ1n) is 7.64. The van der Waals surface area contributed by atoms with Crippen LogP contribution in [0.1, 0.15) is 18.7 Å². The Balaban J connectivity index is 1.49. The van der Waals surface area contributed by atoms with E-state index < -0.39 is 5.82 Å². The number of carbonyl (C=O) groups excluding carboxylic acids is 1. The maximum atomic E-state index is 13.5. The average molecular weight is 325 g/mol. The molecule has 0 unspecified atom stereocenters. The van der Waals surface area contributed by atoms with Crippen molar-refractivity contribution in [2.75, 3.05) is 5.32 Å². The van der Waals surface area contributed by atoms with Crippen molar-refractivity contribution in [1.29, 1.82) is 0 Å². The Bertz CT molecular complexity index is 818. The molecule has 122 valence electrons. The van der Waals surface area contributed by atoms with Gasteiger partial charge in [0.05, 0.1) is 5.69 Å². The van der Waals surface area contributed by atoms with E-state index in [0.29, 0.717) is 24.6 Å². The standard InChI is InChI=1S/C18H16FN3O2/c19-14-9-4-5-10-15(14)20-16(23)11-6-12-17-21-22-18(24-17)13-7-2-1-3-8-13/h1-5,7-10H,6,11-12H2,(H,20,23). The van der Waals surface area contributed by atoms with Crippen molar-refractivity contribution in [3.8, 4) is 11.5 Å². The largest absolute Gasteiger partial charge is 0.421 e. The van der Waals surface area contributed by atoms with Gasteiger partial charge in [0.15, 0.2) is 0 Å². The smallest absolute Gasteiger partial charge is 0.247 e. The third kappa shape index (κ3) is 4.04. The van der Waals surface area contributed by atoms with Crippen LogP contribution in [-0.4, -0.2) is 16.1 Å². The highest BCUT2D eigenvalue weighted by atomic mass is 19.1.